The average molecular weight is 431 g/mol. The van der Waals surface area contributed by atoms with Crippen LogP contribution in [0.3, 0.4) is 0 Å². The lowest BCUT2D eigenvalue weighted by molar-refractivity contribution is 0.102. The number of sulfonamides is 1. The van der Waals surface area contributed by atoms with E-state index in [2.05, 4.69) is 10.0 Å². The van der Waals surface area contributed by atoms with E-state index in [0.717, 1.165) is 5.56 Å². The lowest BCUT2D eigenvalue weighted by Crippen LogP contribution is -2.26. The molecule has 0 aliphatic heterocycles. The van der Waals surface area contributed by atoms with Gasteiger partial charge in [-0.2, -0.15) is 0 Å². The molecule has 0 heterocycles. The van der Waals surface area contributed by atoms with Gasteiger partial charge in [-0.05, 0) is 48.4 Å². The number of halogens is 1. The molecule has 29 heavy (non-hydrogen) atoms. The number of anilines is 1. The second-order valence-electron chi connectivity index (χ2n) is 6.28. The lowest BCUT2D eigenvalue weighted by Gasteiger charge is -2.10. The van der Waals surface area contributed by atoms with Gasteiger partial charge in [0.25, 0.3) is 5.91 Å². The number of nitrogens with one attached hydrogen (secondary N) is 2. The van der Waals surface area contributed by atoms with Crippen LogP contribution in [0.5, 0.6) is 5.75 Å². The maximum absolute atomic E-state index is 12.6. The zero-order valence-corrected chi connectivity index (χ0v) is 16.9. The van der Waals surface area contributed by atoms with E-state index >= 15 is 0 Å². The fourth-order valence-corrected chi connectivity index (χ4v) is 3.91. The molecule has 8 heteroatoms. The highest BCUT2D eigenvalue weighted by molar-refractivity contribution is 7.89. The third kappa shape index (κ3) is 5.57. The summed E-state index contributed by atoms with van der Waals surface area (Å²) in [6, 6.07) is 19.4. The van der Waals surface area contributed by atoms with Gasteiger partial charge >= 0.3 is 0 Å². The maximum Gasteiger partial charge on any atom is 0.255 e. The van der Waals surface area contributed by atoms with Crippen molar-refractivity contribution >= 4 is 33.2 Å². The Kier molecular flexibility index (Phi) is 6.53. The van der Waals surface area contributed by atoms with Gasteiger partial charge in [0.1, 0.15) is 5.75 Å². The van der Waals surface area contributed by atoms with Gasteiger partial charge < -0.3 is 10.4 Å². The van der Waals surface area contributed by atoms with Gasteiger partial charge in [-0.3, -0.25) is 4.79 Å². The third-order valence-electron chi connectivity index (χ3n) is 4.16. The first-order valence-corrected chi connectivity index (χ1v) is 10.6. The number of hydrogen-bond acceptors (Lipinski definition) is 4. The predicted molar refractivity (Wildman–Crippen MR) is 113 cm³/mol. The van der Waals surface area contributed by atoms with Crippen molar-refractivity contribution in [3.05, 3.63) is 88.9 Å². The van der Waals surface area contributed by atoms with Crippen molar-refractivity contribution in [3.8, 4) is 5.75 Å². The van der Waals surface area contributed by atoms with E-state index in [1.807, 2.05) is 30.3 Å². The topological polar surface area (TPSA) is 95.5 Å². The van der Waals surface area contributed by atoms with Gasteiger partial charge in [0.15, 0.2) is 0 Å². The summed E-state index contributed by atoms with van der Waals surface area (Å²) in [5.74, 6) is -0.710. The van der Waals surface area contributed by atoms with Crippen LogP contribution in [0.25, 0.3) is 0 Å². The van der Waals surface area contributed by atoms with Gasteiger partial charge in [0.2, 0.25) is 10.0 Å². The first-order valence-electron chi connectivity index (χ1n) is 8.79. The van der Waals surface area contributed by atoms with Gasteiger partial charge in [-0.1, -0.05) is 48.0 Å². The molecule has 0 spiro atoms. The molecule has 3 aromatic rings. The van der Waals surface area contributed by atoms with Crippen molar-refractivity contribution in [2.75, 3.05) is 11.9 Å². The molecule has 0 atom stereocenters. The Morgan fingerprint density at radius 1 is 0.966 bits per heavy atom. The summed E-state index contributed by atoms with van der Waals surface area (Å²) in [4.78, 5) is 12.5. The zero-order chi connectivity index (χ0) is 20.9. The zero-order valence-electron chi connectivity index (χ0n) is 15.3. The minimum Gasteiger partial charge on any atom is -0.506 e. The molecule has 3 aromatic carbocycles. The number of amides is 1. The molecule has 0 bridgehead atoms. The van der Waals surface area contributed by atoms with Gasteiger partial charge in [0.05, 0.1) is 10.6 Å². The highest BCUT2D eigenvalue weighted by Crippen LogP contribution is 2.27. The van der Waals surface area contributed by atoms with E-state index < -0.39 is 15.9 Å². The Hall–Kier alpha value is -2.87. The smallest absolute Gasteiger partial charge is 0.255 e. The fourth-order valence-electron chi connectivity index (χ4n) is 2.67. The average Bonchev–Trinajstić information content (AvgIpc) is 2.71. The summed E-state index contributed by atoms with van der Waals surface area (Å²) >= 11 is 5.87. The molecule has 0 aromatic heterocycles. The molecule has 0 aliphatic carbocycles. The number of phenols is 1. The summed E-state index contributed by atoms with van der Waals surface area (Å²) in [5.41, 5.74) is 1.29. The molecule has 0 saturated heterocycles. The predicted octanol–water partition coefficient (Wildman–Crippen LogP) is 3.82. The Morgan fingerprint density at radius 2 is 1.72 bits per heavy atom. The molecule has 0 unspecified atom stereocenters. The highest BCUT2D eigenvalue weighted by Gasteiger charge is 2.17. The molecule has 150 valence electrons. The Bertz CT molecular complexity index is 1120. The largest absolute Gasteiger partial charge is 0.506 e. The van der Waals surface area contributed by atoms with E-state index in [0.29, 0.717) is 11.4 Å². The minimum absolute atomic E-state index is 0.0199. The van der Waals surface area contributed by atoms with Crippen LogP contribution in [0, 0.1) is 0 Å². The van der Waals surface area contributed by atoms with E-state index in [-0.39, 0.29) is 28.4 Å². The fraction of sp³-hybridized carbons (Fsp3) is 0.0952. The molecule has 3 rings (SSSR count). The molecular formula is C21H19ClN2O4S. The highest BCUT2D eigenvalue weighted by atomic mass is 35.5. The molecule has 0 aliphatic rings. The molecule has 0 saturated carbocycles. The number of rotatable bonds is 7. The van der Waals surface area contributed by atoms with E-state index in [4.69, 9.17) is 11.6 Å². The van der Waals surface area contributed by atoms with Gasteiger partial charge in [-0.25, -0.2) is 13.1 Å². The van der Waals surface area contributed by atoms with Crippen LogP contribution >= 0.6 is 11.6 Å². The number of hydrogen-bond donors (Lipinski definition) is 3. The summed E-state index contributed by atoms with van der Waals surface area (Å²) in [6.45, 7) is 0.235. The molecular weight excluding hydrogens is 412 g/mol. The first-order chi connectivity index (χ1) is 13.8. The third-order valence-corrected chi connectivity index (χ3v) is 5.86. The Labute approximate surface area is 174 Å². The lowest BCUT2D eigenvalue weighted by atomic mass is 10.2. The number of benzene rings is 3. The summed E-state index contributed by atoms with van der Waals surface area (Å²) < 4.78 is 27.6. The number of carbonyl (C=O) groups is 1. The maximum atomic E-state index is 12.6. The van der Waals surface area contributed by atoms with E-state index in [9.17, 15) is 18.3 Å². The Morgan fingerprint density at radius 3 is 2.48 bits per heavy atom. The monoisotopic (exact) mass is 430 g/mol. The van der Waals surface area contributed by atoms with Gasteiger partial charge in [0, 0.05) is 17.1 Å². The number of phenolic OH excluding ortho intramolecular Hbond substituents is 1. The summed E-state index contributed by atoms with van der Waals surface area (Å²) in [5, 5.41) is 12.7. The van der Waals surface area contributed by atoms with E-state index in [1.54, 1.807) is 0 Å². The van der Waals surface area contributed by atoms with Crippen LogP contribution in [0.15, 0.2) is 77.7 Å². The van der Waals surface area contributed by atoms with Gasteiger partial charge in [-0.15, -0.1) is 0 Å². The van der Waals surface area contributed by atoms with Crippen LogP contribution in [-0.2, 0) is 16.4 Å². The van der Waals surface area contributed by atoms with Crippen molar-refractivity contribution in [1.29, 1.82) is 0 Å². The summed E-state index contributed by atoms with van der Waals surface area (Å²) in [6.07, 6.45) is 0.550. The van der Waals surface area contributed by atoms with Crippen molar-refractivity contribution in [2.45, 2.75) is 11.3 Å². The number of aromatic hydroxyl groups is 1. The summed E-state index contributed by atoms with van der Waals surface area (Å²) in [7, 11) is -3.77. The molecule has 0 radical (unpaired) electrons. The molecule has 6 nitrogen and oxygen atoms in total. The standard InChI is InChI=1S/C21H19ClN2O4S/c22-17-9-10-20(25)19(14-17)24-21(26)16-7-4-8-18(13-16)29(27,28)23-12-11-15-5-2-1-3-6-15/h1-10,13-14,23,25H,11-12H2,(H,24,26). The second kappa shape index (κ2) is 9.09. The van der Waals surface area contributed by atoms with Crippen molar-refractivity contribution in [3.63, 3.8) is 0 Å². The van der Waals surface area contributed by atoms with E-state index in [1.165, 1.54) is 42.5 Å². The molecule has 0 fully saturated rings. The van der Waals surface area contributed by atoms with Crippen LogP contribution in [0.1, 0.15) is 15.9 Å². The van der Waals surface area contributed by atoms with Crippen LogP contribution in [0.4, 0.5) is 5.69 Å². The van der Waals surface area contributed by atoms with Crippen LogP contribution < -0.4 is 10.0 Å². The first kappa shape index (κ1) is 20.9. The van der Waals surface area contributed by atoms with Crippen LogP contribution in [-0.4, -0.2) is 26.0 Å². The molecule has 3 N–H and O–H groups in total. The van der Waals surface area contributed by atoms with Crippen molar-refractivity contribution in [1.82, 2.24) is 4.72 Å². The van der Waals surface area contributed by atoms with Crippen LogP contribution in [0.2, 0.25) is 5.02 Å². The van der Waals surface area contributed by atoms with Crippen molar-refractivity contribution in [2.24, 2.45) is 0 Å². The SMILES string of the molecule is O=C(Nc1cc(Cl)ccc1O)c1cccc(S(=O)(=O)NCCc2ccccc2)c1. The normalized spacial score (nSPS) is 11.2. The quantitative estimate of drug-likeness (QED) is 0.496. The second-order valence-corrected chi connectivity index (χ2v) is 8.48. The molecule has 1 amide bonds. The minimum atomic E-state index is -3.77. The Balaban J connectivity index is 1.70. The number of carbonyl (C=O) groups excluding carboxylic acids is 1. The van der Waals surface area contributed by atoms with Crippen molar-refractivity contribution < 1.29 is 18.3 Å².